The van der Waals surface area contributed by atoms with Gasteiger partial charge in [0.1, 0.15) is 0 Å². The van der Waals surface area contributed by atoms with Crippen LogP contribution in [0, 0.1) is 5.92 Å². The largest absolute Gasteiger partial charge is 0.347 e. The number of hydrogen-bond acceptors (Lipinski definition) is 3. The highest BCUT2D eigenvalue weighted by Gasteiger charge is 2.30. The number of nitrogens with two attached hydrogens (primary N) is 1. The van der Waals surface area contributed by atoms with E-state index in [0.29, 0.717) is 23.4 Å². The van der Waals surface area contributed by atoms with Gasteiger partial charge in [-0.05, 0) is 62.2 Å². The topological polar surface area (TPSA) is 77.1 Å². The molecule has 0 atom stereocenters. The van der Waals surface area contributed by atoms with Crippen LogP contribution >= 0.6 is 12.4 Å². The second-order valence-corrected chi connectivity index (χ2v) is 7.10. The Morgan fingerprint density at radius 2 is 1.89 bits per heavy atom. The third-order valence-electron chi connectivity index (χ3n) is 4.99. The number of fused-ring (bicyclic) bond motifs is 1. The predicted octanol–water partition coefficient (Wildman–Crippen LogP) is 4.26. The molecule has 0 aliphatic heterocycles. The molecule has 0 saturated heterocycles. The zero-order valence-corrected chi connectivity index (χ0v) is 16.4. The van der Waals surface area contributed by atoms with E-state index in [-0.39, 0.29) is 30.0 Å². The van der Waals surface area contributed by atoms with Gasteiger partial charge in [0.05, 0.1) is 0 Å². The molecule has 0 unspecified atom stereocenters. The number of carbonyl (C=O) groups is 2. The van der Waals surface area contributed by atoms with Crippen molar-refractivity contribution in [2.24, 2.45) is 11.7 Å². The van der Waals surface area contributed by atoms with E-state index in [4.69, 9.17) is 5.73 Å². The molecule has 0 radical (unpaired) electrons. The van der Waals surface area contributed by atoms with E-state index in [1.54, 1.807) is 6.07 Å². The van der Waals surface area contributed by atoms with E-state index in [1.807, 2.05) is 48.7 Å². The van der Waals surface area contributed by atoms with E-state index < -0.39 is 0 Å². The van der Waals surface area contributed by atoms with Crippen LogP contribution < -0.4 is 11.1 Å². The zero-order valence-electron chi connectivity index (χ0n) is 15.6. The molecule has 1 aliphatic carbocycles. The van der Waals surface area contributed by atoms with Gasteiger partial charge >= 0.3 is 0 Å². The summed E-state index contributed by atoms with van der Waals surface area (Å²) in [6, 6.07) is 14.9. The third-order valence-corrected chi connectivity index (χ3v) is 4.99. The van der Waals surface area contributed by atoms with Crippen molar-refractivity contribution >= 4 is 40.7 Å². The Bertz CT molecular complexity index is 1010. The Labute approximate surface area is 170 Å². The summed E-state index contributed by atoms with van der Waals surface area (Å²) in [4.78, 5) is 24.9. The Hall–Kier alpha value is -2.63. The number of amides is 1. The molecular weight excluding hydrogens is 374 g/mol. The molecule has 1 saturated carbocycles. The summed E-state index contributed by atoms with van der Waals surface area (Å²) in [5, 5.41) is 3.93. The van der Waals surface area contributed by atoms with E-state index in [1.165, 1.54) is 0 Å². The number of halogens is 1. The fourth-order valence-electron chi connectivity index (χ4n) is 3.33. The molecule has 1 aliphatic rings. The quantitative estimate of drug-likeness (QED) is 0.585. The van der Waals surface area contributed by atoms with Crippen LogP contribution in [0.2, 0.25) is 0 Å². The van der Waals surface area contributed by atoms with Crippen molar-refractivity contribution in [2.75, 3.05) is 11.9 Å². The maximum atomic E-state index is 12.6. The first-order valence-electron chi connectivity index (χ1n) is 9.40. The van der Waals surface area contributed by atoms with Gasteiger partial charge in [-0.15, -0.1) is 12.4 Å². The second-order valence-electron chi connectivity index (χ2n) is 7.10. The minimum atomic E-state index is -0.178. The Balaban J connectivity index is 0.00000225. The second kappa shape index (κ2) is 8.59. The summed E-state index contributed by atoms with van der Waals surface area (Å²) >= 11 is 0. The molecule has 1 heterocycles. The number of nitrogens with zero attached hydrogens (tertiary/aromatic N) is 1. The fourth-order valence-corrected chi connectivity index (χ4v) is 3.33. The number of rotatable bonds is 7. The number of aromatic nitrogens is 1. The van der Waals surface area contributed by atoms with Crippen molar-refractivity contribution in [2.45, 2.75) is 25.8 Å². The van der Waals surface area contributed by atoms with Crippen LogP contribution in [0.3, 0.4) is 0 Å². The number of anilines is 1. The molecule has 4 rings (SSSR count). The molecule has 146 valence electrons. The van der Waals surface area contributed by atoms with Crippen molar-refractivity contribution in [1.82, 2.24) is 4.57 Å². The number of benzene rings is 2. The number of hydrogen-bond donors (Lipinski definition) is 2. The highest BCUT2D eigenvalue weighted by Crippen LogP contribution is 2.33. The SMILES string of the molecule is Cl.NCCCn1ccc2cc(C(=O)Nc3cccc(C(=O)C4CC4)c3)ccc21. The summed E-state index contributed by atoms with van der Waals surface area (Å²) < 4.78 is 2.15. The lowest BCUT2D eigenvalue weighted by atomic mass is 10.1. The smallest absolute Gasteiger partial charge is 0.255 e. The number of carbonyl (C=O) groups excluding carboxylic acids is 2. The Morgan fingerprint density at radius 1 is 1.07 bits per heavy atom. The summed E-state index contributed by atoms with van der Waals surface area (Å²) in [7, 11) is 0. The van der Waals surface area contributed by atoms with Gasteiger partial charge in [0, 0.05) is 46.4 Å². The highest BCUT2D eigenvalue weighted by molar-refractivity contribution is 6.07. The summed E-state index contributed by atoms with van der Waals surface area (Å²) in [6.45, 7) is 1.52. The molecule has 1 amide bonds. The maximum absolute atomic E-state index is 12.6. The summed E-state index contributed by atoms with van der Waals surface area (Å²) in [6.07, 6.45) is 4.89. The average molecular weight is 398 g/mol. The predicted molar refractivity (Wildman–Crippen MR) is 114 cm³/mol. The molecule has 28 heavy (non-hydrogen) atoms. The van der Waals surface area contributed by atoms with Crippen molar-refractivity contribution in [3.05, 3.63) is 65.9 Å². The van der Waals surface area contributed by atoms with Gasteiger partial charge in [-0.2, -0.15) is 0 Å². The van der Waals surface area contributed by atoms with Crippen LogP contribution in [-0.4, -0.2) is 22.8 Å². The first kappa shape index (κ1) is 20.1. The average Bonchev–Trinajstić information content (AvgIpc) is 3.46. The van der Waals surface area contributed by atoms with Gasteiger partial charge in [0.25, 0.3) is 5.91 Å². The van der Waals surface area contributed by atoms with E-state index in [9.17, 15) is 9.59 Å². The van der Waals surface area contributed by atoms with Crippen LogP contribution in [-0.2, 0) is 6.54 Å². The van der Waals surface area contributed by atoms with E-state index in [0.717, 1.165) is 36.7 Å². The first-order valence-corrected chi connectivity index (χ1v) is 9.40. The van der Waals surface area contributed by atoms with Gasteiger partial charge in [-0.3, -0.25) is 9.59 Å². The zero-order chi connectivity index (χ0) is 18.8. The minimum absolute atomic E-state index is 0. The van der Waals surface area contributed by atoms with Crippen molar-refractivity contribution in [3.8, 4) is 0 Å². The molecule has 2 aromatic carbocycles. The molecule has 6 heteroatoms. The van der Waals surface area contributed by atoms with Crippen LogP contribution in [0.1, 0.15) is 40.0 Å². The van der Waals surface area contributed by atoms with Gasteiger partial charge in [-0.25, -0.2) is 0 Å². The number of aryl methyl sites for hydroxylation is 1. The molecule has 3 aromatic rings. The van der Waals surface area contributed by atoms with Gasteiger partial charge in [0.2, 0.25) is 0 Å². The van der Waals surface area contributed by atoms with Crippen molar-refractivity contribution in [1.29, 1.82) is 0 Å². The standard InChI is InChI=1S/C22H23N3O2.ClH/c23-10-2-11-25-12-9-16-13-18(7-8-20(16)25)22(27)24-19-4-1-3-17(14-19)21(26)15-5-6-15;/h1,3-4,7-9,12-15H,2,5-6,10-11,23H2,(H,24,27);1H. The van der Waals surface area contributed by atoms with E-state index >= 15 is 0 Å². The highest BCUT2D eigenvalue weighted by atomic mass is 35.5. The monoisotopic (exact) mass is 397 g/mol. The molecule has 0 bridgehead atoms. The fraction of sp³-hybridized carbons (Fsp3) is 0.273. The van der Waals surface area contributed by atoms with Crippen LogP contribution in [0.5, 0.6) is 0 Å². The normalized spacial score (nSPS) is 13.2. The van der Waals surface area contributed by atoms with Gasteiger partial charge < -0.3 is 15.6 Å². The summed E-state index contributed by atoms with van der Waals surface area (Å²) in [5.41, 5.74) is 8.59. The molecule has 1 fully saturated rings. The Morgan fingerprint density at radius 3 is 2.64 bits per heavy atom. The lowest BCUT2D eigenvalue weighted by Gasteiger charge is -2.08. The third kappa shape index (κ3) is 4.26. The lowest BCUT2D eigenvalue weighted by molar-refractivity contribution is 0.0966. The summed E-state index contributed by atoms with van der Waals surface area (Å²) in [5.74, 6) is 0.163. The lowest BCUT2D eigenvalue weighted by Crippen LogP contribution is -2.12. The molecule has 0 spiro atoms. The maximum Gasteiger partial charge on any atom is 0.255 e. The van der Waals surface area contributed by atoms with Crippen LogP contribution in [0.25, 0.3) is 10.9 Å². The molecule has 5 nitrogen and oxygen atoms in total. The van der Waals surface area contributed by atoms with Crippen LogP contribution in [0.4, 0.5) is 5.69 Å². The number of nitrogens with one attached hydrogen (secondary N) is 1. The molecular formula is C22H24ClN3O2. The number of Topliss-reactive ketones (excluding diaryl/α,β-unsaturated/α-hetero) is 1. The van der Waals surface area contributed by atoms with E-state index in [2.05, 4.69) is 9.88 Å². The van der Waals surface area contributed by atoms with Crippen molar-refractivity contribution in [3.63, 3.8) is 0 Å². The molecule has 1 aromatic heterocycles. The Kier molecular flexibility index (Phi) is 6.17. The van der Waals surface area contributed by atoms with Gasteiger partial charge in [-0.1, -0.05) is 12.1 Å². The molecule has 3 N–H and O–H groups in total. The number of ketones is 1. The minimum Gasteiger partial charge on any atom is -0.347 e. The van der Waals surface area contributed by atoms with Crippen molar-refractivity contribution < 1.29 is 9.59 Å². The van der Waals surface area contributed by atoms with Crippen LogP contribution in [0.15, 0.2) is 54.7 Å². The van der Waals surface area contributed by atoms with Gasteiger partial charge in [0.15, 0.2) is 5.78 Å². The first-order chi connectivity index (χ1) is 13.2.